The van der Waals surface area contributed by atoms with Gasteiger partial charge in [-0.25, -0.2) is 0 Å². The Labute approximate surface area is 246 Å². The summed E-state index contributed by atoms with van der Waals surface area (Å²) in [4.78, 5) is 58.5. The number of carbonyl (C=O) groups is 5. The van der Waals surface area contributed by atoms with E-state index in [0.29, 0.717) is 0 Å². The lowest BCUT2D eigenvalue weighted by Crippen LogP contribution is -2.63. The maximum atomic E-state index is 12.0. The molecule has 2 aliphatic rings. The molecule has 0 aliphatic carbocycles. The van der Waals surface area contributed by atoms with Gasteiger partial charge in [0.1, 0.15) is 18.8 Å². The molecular weight excluding hydrogens is 714 g/mol. The van der Waals surface area contributed by atoms with Crippen LogP contribution in [-0.4, -0.2) is 100 Å². The summed E-state index contributed by atoms with van der Waals surface area (Å²) in [5.41, 5.74) is 0. The van der Waals surface area contributed by atoms with Crippen molar-refractivity contribution < 1.29 is 61.9 Å². The molecule has 0 aromatic heterocycles. The molecule has 0 aromatic carbocycles. The summed E-state index contributed by atoms with van der Waals surface area (Å²) < 4.78 is 45.2. The molecule has 0 amide bonds. The zero-order valence-corrected chi connectivity index (χ0v) is 25.7. The van der Waals surface area contributed by atoms with Gasteiger partial charge in [0.2, 0.25) is 12.1 Å². The fraction of sp³-hybridized carbons (Fsp3) is 0.773. The Morgan fingerprint density at radius 1 is 0.816 bits per heavy atom. The minimum Gasteiger partial charge on any atom is -0.463 e. The van der Waals surface area contributed by atoms with Crippen molar-refractivity contribution in [3.8, 4) is 0 Å². The van der Waals surface area contributed by atoms with Gasteiger partial charge in [0.05, 0.1) is 15.1 Å². The Balaban J connectivity index is 2.55. The topological polar surface area (TPSA) is 159 Å². The molecule has 2 saturated heterocycles. The van der Waals surface area contributed by atoms with Crippen molar-refractivity contribution in [2.45, 2.75) is 88.1 Å². The van der Waals surface area contributed by atoms with Gasteiger partial charge in [-0.15, -0.1) is 11.6 Å². The van der Waals surface area contributed by atoms with Crippen LogP contribution in [0.2, 0.25) is 0 Å². The maximum Gasteiger partial charge on any atom is 0.303 e. The van der Waals surface area contributed by atoms with Gasteiger partial charge in [0.25, 0.3) is 0 Å². The van der Waals surface area contributed by atoms with Crippen molar-refractivity contribution in [3.05, 3.63) is 0 Å². The highest BCUT2D eigenvalue weighted by atomic mass is 127. The summed E-state index contributed by atoms with van der Waals surface area (Å²) in [6, 6.07) is 0. The van der Waals surface area contributed by atoms with E-state index in [0.717, 1.165) is 20.8 Å². The second-order valence-electron chi connectivity index (χ2n) is 8.42. The van der Waals surface area contributed by atoms with Crippen molar-refractivity contribution in [1.82, 2.24) is 0 Å². The second-order valence-corrected chi connectivity index (χ2v) is 10.5. The zero-order chi connectivity index (χ0) is 28.8. The maximum absolute atomic E-state index is 12.0. The van der Waals surface area contributed by atoms with Crippen molar-refractivity contribution >= 4 is 80.0 Å². The van der Waals surface area contributed by atoms with E-state index in [1.54, 1.807) is 0 Å². The van der Waals surface area contributed by atoms with Crippen LogP contribution in [0, 0.1) is 0 Å². The average Bonchev–Trinajstić information content (AvgIpc) is 3.08. The third-order valence-electron chi connectivity index (χ3n) is 5.32. The number of hydrogen-bond acceptors (Lipinski definition) is 13. The molecule has 0 radical (unpaired) electrons. The number of esters is 5. The molecule has 2 fully saturated rings. The lowest BCUT2D eigenvalue weighted by Gasteiger charge is -2.45. The predicted octanol–water partition coefficient (Wildman–Crippen LogP) is 1.55. The standard InChI is InChI=1S/C22H29BrClIO13/c1-9(26)31-7-15-16(23)18(33-11(3)28)19(34-12(4)29)21(36-15)38-22(8-25)20(35-13(5)30)17(32-10(2)27)14(6-24)37-22/h14-21H,6-8H2,1-5H3/t14-,15-,16-,17-,18+,19-,20+,21-,22+/m1/s1. The molecule has 2 heterocycles. The highest BCUT2D eigenvalue weighted by Crippen LogP contribution is 2.42. The molecule has 38 heavy (non-hydrogen) atoms. The molecule has 2 rings (SSSR count). The number of carbonyl (C=O) groups excluding carboxylic acids is 5. The molecule has 0 spiro atoms. The summed E-state index contributed by atoms with van der Waals surface area (Å²) in [5.74, 6) is -5.42. The molecule has 0 unspecified atom stereocenters. The lowest BCUT2D eigenvalue weighted by atomic mass is 10.0. The molecular formula is C22H29BrClIO13. The van der Waals surface area contributed by atoms with Crippen LogP contribution in [0.1, 0.15) is 34.6 Å². The number of halogens is 3. The van der Waals surface area contributed by atoms with Crippen LogP contribution in [0.15, 0.2) is 0 Å². The zero-order valence-electron chi connectivity index (χ0n) is 21.2. The first kappa shape index (κ1) is 32.9. The Morgan fingerprint density at radius 2 is 1.34 bits per heavy atom. The molecule has 2 aliphatic heterocycles. The largest absolute Gasteiger partial charge is 0.463 e. The molecule has 0 bridgehead atoms. The van der Waals surface area contributed by atoms with Gasteiger partial charge >= 0.3 is 29.8 Å². The lowest BCUT2D eigenvalue weighted by molar-refractivity contribution is -0.357. The first-order valence-electron chi connectivity index (χ1n) is 11.3. The van der Waals surface area contributed by atoms with Crippen LogP contribution in [0.3, 0.4) is 0 Å². The van der Waals surface area contributed by atoms with Crippen molar-refractivity contribution in [3.63, 3.8) is 0 Å². The van der Waals surface area contributed by atoms with E-state index in [2.05, 4.69) is 15.9 Å². The van der Waals surface area contributed by atoms with Crippen LogP contribution in [0.5, 0.6) is 0 Å². The van der Waals surface area contributed by atoms with Gasteiger partial charge in [0, 0.05) is 34.6 Å². The Bertz CT molecular complexity index is 906. The fourth-order valence-corrected chi connectivity index (χ4v) is 5.70. The normalized spacial score (nSPS) is 34.6. The third-order valence-corrected chi connectivity index (χ3v) is 7.80. The number of alkyl halides is 3. The Kier molecular flexibility index (Phi) is 12.5. The summed E-state index contributed by atoms with van der Waals surface area (Å²) >= 11 is 11.4. The number of ether oxygens (including phenoxy) is 8. The smallest absolute Gasteiger partial charge is 0.303 e. The third kappa shape index (κ3) is 8.36. The summed E-state index contributed by atoms with van der Waals surface area (Å²) in [6.07, 6.45) is -8.39. The first-order valence-corrected chi connectivity index (χ1v) is 14.3. The van der Waals surface area contributed by atoms with E-state index < -0.39 is 83.4 Å². The monoisotopic (exact) mass is 742 g/mol. The van der Waals surface area contributed by atoms with E-state index in [-0.39, 0.29) is 16.9 Å². The van der Waals surface area contributed by atoms with Crippen LogP contribution in [0.25, 0.3) is 0 Å². The highest BCUT2D eigenvalue weighted by molar-refractivity contribution is 14.1. The van der Waals surface area contributed by atoms with Crippen LogP contribution in [-0.2, 0) is 61.9 Å². The van der Waals surface area contributed by atoms with Crippen LogP contribution < -0.4 is 0 Å². The van der Waals surface area contributed by atoms with Crippen LogP contribution in [0.4, 0.5) is 0 Å². The number of rotatable bonds is 10. The SMILES string of the molecule is CC(=O)OC[C@H]1O[C@H](O[C@]2(CI)O[C@H](CCl)[C@@H](OC(C)=O)[C@@H]2OC(C)=O)[C@H](OC(C)=O)[C@@H](OC(C)=O)[C@@H]1Br. The summed E-state index contributed by atoms with van der Waals surface area (Å²) in [7, 11) is 0. The minimum absolute atomic E-state index is 0.00883. The molecule has 0 saturated carbocycles. The van der Waals surface area contributed by atoms with E-state index in [1.165, 1.54) is 13.8 Å². The average molecular weight is 744 g/mol. The number of hydrogen-bond donors (Lipinski definition) is 0. The van der Waals surface area contributed by atoms with E-state index in [9.17, 15) is 24.0 Å². The Morgan fingerprint density at radius 3 is 1.82 bits per heavy atom. The predicted molar refractivity (Wildman–Crippen MR) is 139 cm³/mol. The van der Waals surface area contributed by atoms with E-state index >= 15 is 0 Å². The van der Waals surface area contributed by atoms with E-state index in [4.69, 9.17) is 49.5 Å². The van der Waals surface area contributed by atoms with Gasteiger partial charge in [-0.2, -0.15) is 0 Å². The van der Waals surface area contributed by atoms with Gasteiger partial charge in [-0.1, -0.05) is 38.5 Å². The van der Waals surface area contributed by atoms with Gasteiger partial charge in [-0.05, 0) is 0 Å². The molecule has 0 N–H and O–H groups in total. The molecule has 13 nitrogen and oxygen atoms in total. The minimum atomic E-state index is -1.82. The van der Waals surface area contributed by atoms with Crippen molar-refractivity contribution in [2.24, 2.45) is 0 Å². The first-order chi connectivity index (χ1) is 17.7. The Hall–Kier alpha value is -1.27. The summed E-state index contributed by atoms with van der Waals surface area (Å²) in [6.45, 7) is 5.54. The second kappa shape index (κ2) is 14.4. The molecule has 0 aromatic rings. The van der Waals surface area contributed by atoms with Crippen molar-refractivity contribution in [2.75, 3.05) is 16.9 Å². The molecule has 16 heteroatoms. The summed E-state index contributed by atoms with van der Waals surface area (Å²) in [5, 5.41) is 0. The van der Waals surface area contributed by atoms with Gasteiger partial charge < -0.3 is 37.9 Å². The van der Waals surface area contributed by atoms with Crippen molar-refractivity contribution in [1.29, 1.82) is 0 Å². The van der Waals surface area contributed by atoms with E-state index in [1.807, 2.05) is 22.6 Å². The highest BCUT2D eigenvalue weighted by Gasteiger charge is 2.62. The van der Waals surface area contributed by atoms with Gasteiger partial charge in [0.15, 0.2) is 24.4 Å². The molecule has 216 valence electrons. The fourth-order valence-electron chi connectivity index (χ4n) is 3.99. The van der Waals surface area contributed by atoms with Crippen LogP contribution >= 0.6 is 50.1 Å². The van der Waals surface area contributed by atoms with Gasteiger partial charge in [-0.3, -0.25) is 24.0 Å². The quantitative estimate of drug-likeness (QED) is 0.138. The molecule has 9 atom stereocenters.